The average molecular weight is 320 g/mol. The Morgan fingerprint density at radius 2 is 1.90 bits per heavy atom. The minimum atomic E-state index is -0.0768. The van der Waals surface area contributed by atoms with E-state index >= 15 is 0 Å². The predicted octanol–water partition coefficient (Wildman–Crippen LogP) is 4.30. The van der Waals surface area contributed by atoms with E-state index in [4.69, 9.17) is 32.7 Å². The second-order valence-electron chi connectivity index (χ2n) is 5.86. The summed E-state index contributed by atoms with van der Waals surface area (Å²) in [4.78, 5) is 0. The van der Waals surface area contributed by atoms with Gasteiger partial charge in [-0.3, -0.25) is 0 Å². The molecule has 5 heteroatoms. The molecule has 0 heterocycles. The molecule has 0 radical (unpaired) electrons. The molecule has 1 N–H and O–H groups in total. The second kappa shape index (κ2) is 7.51. The van der Waals surface area contributed by atoms with Crippen molar-refractivity contribution in [3.63, 3.8) is 0 Å². The monoisotopic (exact) mass is 319 g/mol. The quantitative estimate of drug-likeness (QED) is 0.848. The molecule has 1 aromatic carbocycles. The third-order valence-electron chi connectivity index (χ3n) is 2.61. The van der Waals surface area contributed by atoms with Crippen molar-refractivity contribution in [3.8, 4) is 5.75 Å². The minimum absolute atomic E-state index is 0.00418. The normalized spacial score (nSPS) is 13.3. The van der Waals surface area contributed by atoms with Crippen molar-refractivity contribution in [3.05, 3.63) is 27.7 Å². The molecule has 0 spiro atoms. The van der Waals surface area contributed by atoms with Gasteiger partial charge in [-0.1, -0.05) is 23.2 Å². The lowest BCUT2D eigenvalue weighted by Crippen LogP contribution is -2.35. The fourth-order valence-electron chi connectivity index (χ4n) is 1.71. The molecule has 114 valence electrons. The maximum absolute atomic E-state index is 6.25. The van der Waals surface area contributed by atoms with E-state index < -0.39 is 0 Å². The third-order valence-corrected chi connectivity index (χ3v) is 3.11. The molecule has 1 rings (SSSR count). The highest BCUT2D eigenvalue weighted by Crippen LogP contribution is 2.33. The number of rotatable bonds is 6. The first-order valence-electron chi connectivity index (χ1n) is 6.61. The van der Waals surface area contributed by atoms with Crippen LogP contribution in [0.3, 0.4) is 0 Å². The molecule has 20 heavy (non-hydrogen) atoms. The van der Waals surface area contributed by atoms with Crippen LogP contribution in [0, 0.1) is 0 Å². The smallest absolute Gasteiger partial charge is 0.143 e. The van der Waals surface area contributed by atoms with Gasteiger partial charge in [-0.2, -0.15) is 0 Å². The van der Waals surface area contributed by atoms with Crippen LogP contribution in [0.2, 0.25) is 10.0 Å². The van der Waals surface area contributed by atoms with E-state index in [1.807, 2.05) is 13.0 Å². The Balaban J connectivity index is 2.95. The lowest BCUT2D eigenvalue weighted by molar-refractivity contribution is 0.0913. The molecule has 0 bridgehead atoms. The van der Waals surface area contributed by atoms with Crippen molar-refractivity contribution >= 4 is 23.2 Å². The highest BCUT2D eigenvalue weighted by Gasteiger charge is 2.16. The van der Waals surface area contributed by atoms with E-state index in [1.54, 1.807) is 13.2 Å². The van der Waals surface area contributed by atoms with E-state index in [-0.39, 0.29) is 11.6 Å². The van der Waals surface area contributed by atoms with Crippen LogP contribution in [0.4, 0.5) is 0 Å². The maximum atomic E-state index is 6.25. The average Bonchev–Trinajstić information content (AvgIpc) is 2.29. The summed E-state index contributed by atoms with van der Waals surface area (Å²) in [6.45, 7) is 9.40. The SMILES string of the molecule is COCC(C)Oc1c(Cl)cc(Cl)cc1CNC(C)(C)C. The summed E-state index contributed by atoms with van der Waals surface area (Å²) < 4.78 is 11.0. The molecule has 0 aliphatic carbocycles. The number of hydrogen-bond acceptors (Lipinski definition) is 3. The standard InChI is InChI=1S/C15H23Cl2NO2/c1-10(9-19-5)20-14-11(8-18-15(2,3)4)6-12(16)7-13(14)17/h6-7,10,18H,8-9H2,1-5H3. The molecule has 0 aromatic heterocycles. The molecule has 0 aliphatic rings. The highest BCUT2D eigenvalue weighted by atomic mass is 35.5. The van der Waals surface area contributed by atoms with Gasteiger partial charge in [0, 0.05) is 29.8 Å². The van der Waals surface area contributed by atoms with Crippen molar-refractivity contribution < 1.29 is 9.47 Å². The summed E-state index contributed by atoms with van der Waals surface area (Å²) in [6, 6.07) is 3.57. The topological polar surface area (TPSA) is 30.5 Å². The zero-order valence-electron chi connectivity index (χ0n) is 12.7. The lowest BCUT2D eigenvalue weighted by Gasteiger charge is -2.23. The van der Waals surface area contributed by atoms with E-state index in [2.05, 4.69) is 26.1 Å². The highest BCUT2D eigenvalue weighted by molar-refractivity contribution is 6.35. The lowest BCUT2D eigenvalue weighted by atomic mass is 10.1. The van der Waals surface area contributed by atoms with Crippen molar-refractivity contribution in [2.24, 2.45) is 0 Å². The van der Waals surface area contributed by atoms with Crippen LogP contribution in [0.15, 0.2) is 12.1 Å². The van der Waals surface area contributed by atoms with Gasteiger partial charge < -0.3 is 14.8 Å². The molecule has 0 saturated carbocycles. The Kier molecular flexibility index (Phi) is 6.59. The summed E-state index contributed by atoms with van der Waals surface area (Å²) in [6.07, 6.45) is -0.0768. The fourth-order valence-corrected chi connectivity index (χ4v) is 2.29. The van der Waals surface area contributed by atoms with Crippen molar-refractivity contribution in [1.29, 1.82) is 0 Å². The first-order valence-corrected chi connectivity index (χ1v) is 7.37. The molecular formula is C15H23Cl2NO2. The Hall–Kier alpha value is -0.480. The van der Waals surface area contributed by atoms with Crippen LogP contribution in [0.25, 0.3) is 0 Å². The van der Waals surface area contributed by atoms with Gasteiger partial charge in [0.25, 0.3) is 0 Å². The Labute approximate surface area is 131 Å². The van der Waals surface area contributed by atoms with E-state index in [9.17, 15) is 0 Å². The fraction of sp³-hybridized carbons (Fsp3) is 0.600. The second-order valence-corrected chi connectivity index (χ2v) is 6.71. The zero-order chi connectivity index (χ0) is 15.3. The van der Waals surface area contributed by atoms with Crippen LogP contribution in [0.1, 0.15) is 33.3 Å². The van der Waals surface area contributed by atoms with Gasteiger partial charge in [-0.15, -0.1) is 0 Å². The maximum Gasteiger partial charge on any atom is 0.143 e. The minimum Gasteiger partial charge on any atom is -0.486 e. The molecule has 1 atom stereocenters. The molecule has 0 fully saturated rings. The molecule has 3 nitrogen and oxygen atoms in total. The van der Waals surface area contributed by atoms with Crippen molar-refractivity contribution in [1.82, 2.24) is 5.32 Å². The summed E-state index contributed by atoms with van der Waals surface area (Å²) >= 11 is 12.3. The third kappa shape index (κ3) is 5.88. The predicted molar refractivity (Wildman–Crippen MR) is 85.0 cm³/mol. The van der Waals surface area contributed by atoms with E-state index in [1.165, 1.54) is 0 Å². The van der Waals surface area contributed by atoms with Crippen molar-refractivity contribution in [2.75, 3.05) is 13.7 Å². The zero-order valence-corrected chi connectivity index (χ0v) is 14.2. The molecule has 0 saturated heterocycles. The molecule has 0 amide bonds. The number of nitrogens with one attached hydrogen (secondary N) is 1. The summed E-state index contributed by atoms with van der Waals surface area (Å²) in [7, 11) is 1.64. The first kappa shape index (κ1) is 17.6. The van der Waals surface area contributed by atoms with Gasteiger partial charge in [0.2, 0.25) is 0 Å². The van der Waals surface area contributed by atoms with E-state index in [0.717, 1.165) is 5.56 Å². The largest absolute Gasteiger partial charge is 0.486 e. The molecule has 0 aliphatic heterocycles. The van der Waals surface area contributed by atoms with Gasteiger partial charge >= 0.3 is 0 Å². The van der Waals surface area contributed by atoms with Gasteiger partial charge in [-0.05, 0) is 39.8 Å². The molecule has 1 unspecified atom stereocenters. The Morgan fingerprint density at radius 3 is 2.45 bits per heavy atom. The van der Waals surface area contributed by atoms with Crippen LogP contribution >= 0.6 is 23.2 Å². The van der Waals surface area contributed by atoms with Crippen LogP contribution in [0.5, 0.6) is 5.75 Å². The number of benzene rings is 1. The number of methoxy groups -OCH3 is 1. The van der Waals surface area contributed by atoms with Crippen molar-refractivity contribution in [2.45, 2.75) is 45.9 Å². The molecular weight excluding hydrogens is 297 g/mol. The summed E-state index contributed by atoms with van der Waals surface area (Å²) in [5.74, 6) is 0.664. The number of halogens is 2. The molecule has 1 aromatic rings. The number of hydrogen-bond donors (Lipinski definition) is 1. The summed E-state index contributed by atoms with van der Waals surface area (Å²) in [5.41, 5.74) is 0.949. The first-order chi connectivity index (χ1) is 9.23. The van der Waals surface area contributed by atoms with Crippen LogP contribution < -0.4 is 10.1 Å². The van der Waals surface area contributed by atoms with Gasteiger partial charge in [0.15, 0.2) is 0 Å². The van der Waals surface area contributed by atoms with Gasteiger partial charge in [0.1, 0.15) is 11.9 Å². The van der Waals surface area contributed by atoms with Gasteiger partial charge in [0.05, 0.1) is 11.6 Å². The Morgan fingerprint density at radius 1 is 1.25 bits per heavy atom. The van der Waals surface area contributed by atoms with E-state index in [0.29, 0.717) is 28.9 Å². The van der Waals surface area contributed by atoms with Gasteiger partial charge in [-0.25, -0.2) is 0 Å². The Bertz CT molecular complexity index is 444. The van der Waals surface area contributed by atoms with Crippen LogP contribution in [-0.4, -0.2) is 25.4 Å². The summed E-state index contributed by atoms with van der Waals surface area (Å²) in [5, 5.41) is 4.53. The van der Waals surface area contributed by atoms with Crippen LogP contribution in [-0.2, 0) is 11.3 Å². The number of ether oxygens (including phenoxy) is 2.